The number of anilines is 1. The Balaban J connectivity index is 2.47. The molecule has 0 radical (unpaired) electrons. The normalized spacial score (nSPS) is 18.8. The van der Waals surface area contributed by atoms with Gasteiger partial charge in [-0.05, 0) is 38.2 Å². The lowest BCUT2D eigenvalue weighted by Gasteiger charge is -2.15. The van der Waals surface area contributed by atoms with Crippen LogP contribution in [0.25, 0.3) is 0 Å². The number of nitrogens with zero attached hydrogens (tertiary/aromatic N) is 1. The zero-order chi connectivity index (χ0) is 11.9. The van der Waals surface area contributed by atoms with E-state index < -0.39 is 5.60 Å². The summed E-state index contributed by atoms with van der Waals surface area (Å²) in [5.41, 5.74) is -0.360. The zero-order valence-electron chi connectivity index (χ0n) is 8.86. The molecule has 1 amide bonds. The van der Waals surface area contributed by atoms with E-state index in [1.807, 2.05) is 0 Å². The van der Waals surface area contributed by atoms with Crippen molar-refractivity contribution in [3.05, 3.63) is 29.3 Å². The molecule has 1 aromatic rings. The second-order valence-corrected chi connectivity index (χ2v) is 4.73. The maximum Gasteiger partial charge on any atom is 0.278 e. The van der Waals surface area contributed by atoms with E-state index in [1.54, 1.807) is 38.1 Å². The minimum absolute atomic E-state index is 0.142. The molecule has 1 fully saturated rings. The Kier molecular flexibility index (Phi) is 2.64. The fraction of sp³-hybridized carbons (Fsp3) is 0.273. The molecule has 1 aliphatic heterocycles. The Hall–Kier alpha value is -1.13. The van der Waals surface area contributed by atoms with E-state index in [0.717, 1.165) is 0 Å². The fourth-order valence-corrected chi connectivity index (χ4v) is 2.11. The molecular weight excluding hydrogens is 246 g/mol. The van der Waals surface area contributed by atoms with Crippen molar-refractivity contribution in [1.82, 2.24) is 0 Å². The van der Waals surface area contributed by atoms with Crippen molar-refractivity contribution in [1.29, 1.82) is 0 Å². The monoisotopic (exact) mass is 255 g/mol. The predicted octanol–water partition coefficient (Wildman–Crippen LogP) is 2.77. The van der Waals surface area contributed by atoms with Gasteiger partial charge in [0.2, 0.25) is 0 Å². The first-order chi connectivity index (χ1) is 7.43. The van der Waals surface area contributed by atoms with Gasteiger partial charge >= 0.3 is 0 Å². The second-order valence-electron chi connectivity index (χ2n) is 3.97. The molecule has 0 N–H and O–H groups in total. The quantitative estimate of drug-likeness (QED) is 0.723. The minimum atomic E-state index is -0.920. The number of carbonyl (C=O) groups is 1. The van der Waals surface area contributed by atoms with Crippen molar-refractivity contribution in [2.75, 3.05) is 4.90 Å². The third-order valence-electron chi connectivity index (χ3n) is 2.34. The van der Waals surface area contributed by atoms with E-state index in [4.69, 9.17) is 28.6 Å². The standard InChI is InChI=1S/C11H10ClNO2S/c1-11(2)9(14)13(10(16)15-11)8-6-4-3-5-7(8)12/h3-6H,1-2H3. The van der Waals surface area contributed by atoms with Crippen molar-refractivity contribution in [3.8, 4) is 0 Å². The average Bonchev–Trinajstić information content (AvgIpc) is 2.39. The molecule has 0 saturated carbocycles. The van der Waals surface area contributed by atoms with Gasteiger partial charge in [0.25, 0.3) is 11.1 Å². The maximum atomic E-state index is 12.0. The molecular formula is C11H10ClNO2S. The van der Waals surface area contributed by atoms with Gasteiger partial charge in [0.05, 0.1) is 10.7 Å². The van der Waals surface area contributed by atoms with Crippen LogP contribution in [-0.4, -0.2) is 16.7 Å². The van der Waals surface area contributed by atoms with E-state index in [9.17, 15) is 4.79 Å². The Bertz CT molecular complexity index is 473. The number of thiocarbonyl (C=S) groups is 1. The van der Waals surface area contributed by atoms with Crippen LogP contribution in [0.4, 0.5) is 5.69 Å². The lowest BCUT2D eigenvalue weighted by atomic mass is 10.1. The first-order valence-electron chi connectivity index (χ1n) is 4.75. The summed E-state index contributed by atoms with van der Waals surface area (Å²) >= 11 is 11.1. The number of halogens is 1. The van der Waals surface area contributed by atoms with Crippen LogP contribution >= 0.6 is 23.8 Å². The van der Waals surface area contributed by atoms with Crippen LogP contribution in [0.3, 0.4) is 0 Å². The Morgan fingerprint density at radius 3 is 2.50 bits per heavy atom. The highest BCUT2D eigenvalue weighted by atomic mass is 35.5. The molecule has 1 saturated heterocycles. The largest absolute Gasteiger partial charge is 0.454 e. The summed E-state index contributed by atoms with van der Waals surface area (Å²) in [6.07, 6.45) is 0. The lowest BCUT2D eigenvalue weighted by molar-refractivity contribution is -0.127. The molecule has 1 heterocycles. The van der Waals surface area contributed by atoms with Crippen LogP contribution in [0.15, 0.2) is 24.3 Å². The van der Waals surface area contributed by atoms with Gasteiger partial charge in [-0.25, -0.2) is 4.90 Å². The Morgan fingerprint density at radius 2 is 2.00 bits per heavy atom. The van der Waals surface area contributed by atoms with E-state index in [2.05, 4.69) is 0 Å². The van der Waals surface area contributed by atoms with Gasteiger partial charge in [-0.2, -0.15) is 0 Å². The van der Waals surface area contributed by atoms with Crippen molar-refractivity contribution in [3.63, 3.8) is 0 Å². The van der Waals surface area contributed by atoms with Gasteiger partial charge in [-0.1, -0.05) is 23.7 Å². The van der Waals surface area contributed by atoms with E-state index in [0.29, 0.717) is 10.7 Å². The molecule has 1 aromatic carbocycles. The molecule has 3 nitrogen and oxygen atoms in total. The molecule has 0 bridgehead atoms. The first-order valence-corrected chi connectivity index (χ1v) is 5.54. The van der Waals surface area contributed by atoms with E-state index in [-0.39, 0.29) is 11.1 Å². The van der Waals surface area contributed by atoms with E-state index >= 15 is 0 Å². The van der Waals surface area contributed by atoms with E-state index in [1.165, 1.54) is 4.90 Å². The lowest BCUT2D eigenvalue weighted by Crippen LogP contribution is -2.36. The molecule has 0 unspecified atom stereocenters. The zero-order valence-corrected chi connectivity index (χ0v) is 10.4. The average molecular weight is 256 g/mol. The molecule has 5 heteroatoms. The maximum absolute atomic E-state index is 12.0. The summed E-state index contributed by atoms with van der Waals surface area (Å²) in [4.78, 5) is 13.4. The summed E-state index contributed by atoms with van der Waals surface area (Å²) in [6.45, 7) is 3.36. The van der Waals surface area contributed by atoms with Crippen LogP contribution in [-0.2, 0) is 9.53 Å². The molecule has 0 atom stereocenters. The van der Waals surface area contributed by atoms with Crippen molar-refractivity contribution in [2.24, 2.45) is 0 Å². The second kappa shape index (κ2) is 3.71. The molecule has 0 aromatic heterocycles. The highest BCUT2D eigenvalue weighted by Gasteiger charge is 2.45. The third-order valence-corrected chi connectivity index (χ3v) is 2.92. The van der Waals surface area contributed by atoms with Crippen molar-refractivity contribution < 1.29 is 9.53 Å². The van der Waals surface area contributed by atoms with Crippen molar-refractivity contribution in [2.45, 2.75) is 19.4 Å². The molecule has 16 heavy (non-hydrogen) atoms. The third kappa shape index (κ3) is 1.68. The van der Waals surface area contributed by atoms with Gasteiger partial charge in [-0.15, -0.1) is 0 Å². The van der Waals surface area contributed by atoms with Gasteiger partial charge in [0.1, 0.15) is 0 Å². The molecule has 0 aliphatic carbocycles. The number of rotatable bonds is 1. The topological polar surface area (TPSA) is 29.5 Å². The van der Waals surface area contributed by atoms with Gasteiger partial charge < -0.3 is 4.74 Å². The fourth-order valence-electron chi connectivity index (χ4n) is 1.50. The summed E-state index contributed by atoms with van der Waals surface area (Å²) in [6, 6.07) is 7.03. The Labute approximate surface area is 104 Å². The summed E-state index contributed by atoms with van der Waals surface area (Å²) in [5.74, 6) is -0.203. The molecule has 0 spiro atoms. The number of hydrogen-bond acceptors (Lipinski definition) is 3. The summed E-state index contributed by atoms with van der Waals surface area (Å²) in [5, 5.41) is 0.614. The minimum Gasteiger partial charge on any atom is -0.454 e. The summed E-state index contributed by atoms with van der Waals surface area (Å²) in [7, 11) is 0. The Morgan fingerprint density at radius 1 is 1.38 bits per heavy atom. The number of hydrogen-bond donors (Lipinski definition) is 0. The number of carbonyl (C=O) groups excluding carboxylic acids is 1. The SMILES string of the molecule is CC1(C)OC(=S)N(c2ccccc2Cl)C1=O. The van der Waals surface area contributed by atoms with Crippen LogP contribution < -0.4 is 4.90 Å². The highest BCUT2D eigenvalue weighted by molar-refractivity contribution is 7.80. The van der Waals surface area contributed by atoms with Gasteiger partial charge in [0.15, 0.2) is 5.60 Å². The van der Waals surface area contributed by atoms with Crippen LogP contribution in [0, 0.1) is 0 Å². The van der Waals surface area contributed by atoms with Crippen LogP contribution in [0.2, 0.25) is 5.02 Å². The number of amides is 1. The van der Waals surface area contributed by atoms with Crippen LogP contribution in [0.1, 0.15) is 13.8 Å². The van der Waals surface area contributed by atoms with Crippen molar-refractivity contribution >= 4 is 40.6 Å². The highest BCUT2D eigenvalue weighted by Crippen LogP contribution is 2.33. The molecule has 1 aliphatic rings. The molecule has 2 rings (SSSR count). The first kappa shape index (κ1) is 11.4. The van der Waals surface area contributed by atoms with Crippen LogP contribution in [0.5, 0.6) is 0 Å². The predicted molar refractivity (Wildman–Crippen MR) is 66.7 cm³/mol. The smallest absolute Gasteiger partial charge is 0.278 e. The number of benzene rings is 1. The number of ether oxygens (including phenoxy) is 1. The number of para-hydroxylation sites is 1. The summed E-state index contributed by atoms with van der Waals surface area (Å²) < 4.78 is 5.33. The van der Waals surface area contributed by atoms with Gasteiger partial charge in [0, 0.05) is 0 Å². The van der Waals surface area contributed by atoms with Gasteiger partial charge in [-0.3, -0.25) is 4.79 Å². The molecule has 84 valence electrons.